The summed E-state index contributed by atoms with van der Waals surface area (Å²) in [5.74, 6) is 0.188. The van der Waals surface area contributed by atoms with Crippen LogP contribution < -0.4 is 0 Å². The number of esters is 2. The quantitative estimate of drug-likeness (QED) is 0.518. The van der Waals surface area contributed by atoms with E-state index in [1.54, 1.807) is 0 Å². The van der Waals surface area contributed by atoms with Crippen molar-refractivity contribution in [3.63, 3.8) is 0 Å². The number of hydrogen-bond donors (Lipinski definition) is 0. The van der Waals surface area contributed by atoms with Crippen molar-refractivity contribution >= 4 is 11.9 Å². The number of rotatable bonds is 6. The van der Waals surface area contributed by atoms with E-state index in [1.165, 1.54) is 13.8 Å². The minimum atomic E-state index is -0.385. The largest absolute Gasteiger partial charge is 0.428 e. The molecule has 0 spiro atoms. The maximum absolute atomic E-state index is 10.9. The van der Waals surface area contributed by atoms with Crippen LogP contribution in [0.2, 0.25) is 0 Å². The Balaban J connectivity index is 4.90. The Morgan fingerprint density at radius 1 is 0.812 bits per heavy atom. The van der Waals surface area contributed by atoms with E-state index < -0.39 is 0 Å². The molecule has 92 valence electrons. The fraction of sp³-hybridized carbons (Fsp3) is 0.667. The third-order valence-corrected chi connectivity index (χ3v) is 1.80. The van der Waals surface area contributed by atoms with E-state index in [0.717, 1.165) is 12.8 Å². The van der Waals surface area contributed by atoms with Gasteiger partial charge in [0.05, 0.1) is 0 Å². The first-order valence-corrected chi connectivity index (χ1v) is 5.60. The third kappa shape index (κ3) is 6.22. The van der Waals surface area contributed by atoms with Crippen molar-refractivity contribution in [1.82, 2.24) is 0 Å². The predicted octanol–water partition coefficient (Wildman–Crippen LogP) is 2.92. The summed E-state index contributed by atoms with van der Waals surface area (Å²) in [6.45, 7) is 6.63. The molecule has 0 saturated carbocycles. The van der Waals surface area contributed by atoms with Crippen LogP contribution in [-0.2, 0) is 19.1 Å². The van der Waals surface area contributed by atoms with Gasteiger partial charge in [-0.15, -0.1) is 0 Å². The van der Waals surface area contributed by atoms with Gasteiger partial charge in [0.15, 0.2) is 0 Å². The van der Waals surface area contributed by atoms with Crippen LogP contribution in [0, 0.1) is 0 Å². The Morgan fingerprint density at radius 3 is 1.31 bits per heavy atom. The Kier molecular flexibility index (Phi) is 7.25. The molecule has 4 heteroatoms. The fourth-order valence-electron chi connectivity index (χ4n) is 1.30. The smallest absolute Gasteiger partial charge is 0.307 e. The summed E-state index contributed by atoms with van der Waals surface area (Å²) >= 11 is 0. The Bertz CT molecular complexity index is 251. The van der Waals surface area contributed by atoms with Gasteiger partial charge in [-0.3, -0.25) is 9.59 Å². The Morgan fingerprint density at radius 2 is 1.12 bits per heavy atom. The molecule has 0 atom stereocenters. The van der Waals surface area contributed by atoms with Gasteiger partial charge in [-0.1, -0.05) is 13.8 Å². The van der Waals surface area contributed by atoms with Crippen LogP contribution >= 0.6 is 0 Å². The fourth-order valence-corrected chi connectivity index (χ4v) is 1.30. The summed E-state index contributed by atoms with van der Waals surface area (Å²) in [6.07, 6.45) is 2.86. The lowest BCUT2D eigenvalue weighted by atomic mass is 10.2. The molecule has 0 N–H and O–H groups in total. The minimum Gasteiger partial charge on any atom is -0.428 e. The number of ether oxygens (including phenoxy) is 2. The van der Waals surface area contributed by atoms with Crippen LogP contribution in [0.1, 0.15) is 53.4 Å². The molecule has 0 rings (SSSR count). The van der Waals surface area contributed by atoms with E-state index in [-0.39, 0.29) is 11.9 Å². The summed E-state index contributed by atoms with van der Waals surface area (Å²) in [4.78, 5) is 21.9. The van der Waals surface area contributed by atoms with E-state index in [4.69, 9.17) is 9.47 Å². The van der Waals surface area contributed by atoms with Gasteiger partial charge in [-0.2, -0.15) is 0 Å². The molecule has 16 heavy (non-hydrogen) atoms. The maximum atomic E-state index is 10.9. The number of hydrogen-bond acceptors (Lipinski definition) is 4. The van der Waals surface area contributed by atoms with Crippen molar-refractivity contribution in [2.75, 3.05) is 0 Å². The second kappa shape index (κ2) is 7.91. The molecule has 4 nitrogen and oxygen atoms in total. The summed E-state index contributed by atoms with van der Waals surface area (Å²) in [6, 6.07) is 0. The molecule has 0 radical (unpaired) electrons. The molecule has 0 aromatic heterocycles. The highest BCUT2D eigenvalue weighted by atomic mass is 16.6. The third-order valence-electron chi connectivity index (χ3n) is 1.80. The summed E-state index contributed by atoms with van der Waals surface area (Å²) in [7, 11) is 0. The van der Waals surface area contributed by atoms with Gasteiger partial charge in [0.25, 0.3) is 0 Å². The normalized spacial score (nSPS) is 11.8. The van der Waals surface area contributed by atoms with Crippen LogP contribution in [0.15, 0.2) is 11.5 Å². The van der Waals surface area contributed by atoms with Crippen LogP contribution in [0.3, 0.4) is 0 Å². The summed E-state index contributed by atoms with van der Waals surface area (Å²) < 4.78 is 10.1. The van der Waals surface area contributed by atoms with Gasteiger partial charge in [-0.25, -0.2) is 0 Å². The molecule has 0 aliphatic carbocycles. The van der Waals surface area contributed by atoms with Crippen molar-refractivity contribution in [2.24, 2.45) is 0 Å². The monoisotopic (exact) mass is 228 g/mol. The van der Waals surface area contributed by atoms with Crippen molar-refractivity contribution in [1.29, 1.82) is 0 Å². The average molecular weight is 228 g/mol. The van der Waals surface area contributed by atoms with Crippen LogP contribution in [-0.4, -0.2) is 11.9 Å². The van der Waals surface area contributed by atoms with E-state index in [2.05, 4.69) is 0 Å². The lowest BCUT2D eigenvalue weighted by Crippen LogP contribution is -2.07. The number of carbonyl (C=O) groups is 2. The highest BCUT2D eigenvalue weighted by molar-refractivity contribution is 5.69. The van der Waals surface area contributed by atoms with Gasteiger partial charge in [0.2, 0.25) is 0 Å². The number of allylic oxidation sites excluding steroid dienone is 2. The topological polar surface area (TPSA) is 52.6 Å². The average Bonchev–Trinajstić information content (AvgIpc) is 2.15. The van der Waals surface area contributed by atoms with Gasteiger partial charge in [0, 0.05) is 26.7 Å². The van der Waals surface area contributed by atoms with Crippen LogP contribution in [0.4, 0.5) is 0 Å². The Hall–Kier alpha value is -1.32. The first kappa shape index (κ1) is 14.7. The highest BCUT2D eigenvalue weighted by Crippen LogP contribution is 2.19. The molecule has 0 heterocycles. The molecule has 0 aliphatic rings. The SMILES string of the molecule is CCCC(OC(C)=O)=C(CCC)OC(C)=O. The molecule has 0 amide bonds. The van der Waals surface area contributed by atoms with Crippen molar-refractivity contribution < 1.29 is 19.1 Å². The first-order valence-electron chi connectivity index (χ1n) is 5.60. The lowest BCUT2D eigenvalue weighted by molar-refractivity contribution is -0.141. The zero-order chi connectivity index (χ0) is 12.6. The minimum absolute atomic E-state index is 0.385. The van der Waals surface area contributed by atoms with Gasteiger partial charge in [-0.05, 0) is 12.8 Å². The molecule has 0 fully saturated rings. The molecule has 0 unspecified atom stereocenters. The van der Waals surface area contributed by atoms with E-state index in [1.807, 2.05) is 13.8 Å². The van der Waals surface area contributed by atoms with Gasteiger partial charge >= 0.3 is 11.9 Å². The highest BCUT2D eigenvalue weighted by Gasteiger charge is 2.13. The molecule has 0 aromatic rings. The van der Waals surface area contributed by atoms with Crippen molar-refractivity contribution in [3.8, 4) is 0 Å². The van der Waals surface area contributed by atoms with Crippen molar-refractivity contribution in [2.45, 2.75) is 53.4 Å². The summed E-state index contributed by atoms with van der Waals surface area (Å²) in [5, 5.41) is 0. The van der Waals surface area contributed by atoms with Crippen LogP contribution in [0.5, 0.6) is 0 Å². The lowest BCUT2D eigenvalue weighted by Gasteiger charge is -2.12. The molecular formula is C12H20O4. The predicted molar refractivity (Wildman–Crippen MR) is 60.4 cm³/mol. The zero-order valence-electron chi connectivity index (χ0n) is 10.5. The van der Waals surface area contributed by atoms with E-state index in [0.29, 0.717) is 24.4 Å². The molecule has 0 bridgehead atoms. The first-order chi connectivity index (χ1) is 7.51. The summed E-state index contributed by atoms with van der Waals surface area (Å²) in [5.41, 5.74) is 0. The zero-order valence-corrected chi connectivity index (χ0v) is 10.5. The second-order valence-corrected chi connectivity index (χ2v) is 3.53. The van der Waals surface area contributed by atoms with Gasteiger partial charge < -0.3 is 9.47 Å². The van der Waals surface area contributed by atoms with Gasteiger partial charge in [0.1, 0.15) is 11.5 Å². The van der Waals surface area contributed by atoms with Crippen LogP contribution in [0.25, 0.3) is 0 Å². The Labute approximate surface area is 96.6 Å². The second-order valence-electron chi connectivity index (χ2n) is 3.53. The standard InChI is InChI=1S/C12H20O4/c1-5-7-11(15-9(3)13)12(8-6-2)16-10(4)14/h5-8H2,1-4H3. The maximum Gasteiger partial charge on any atom is 0.307 e. The van der Waals surface area contributed by atoms with E-state index in [9.17, 15) is 9.59 Å². The molecule has 0 aromatic carbocycles. The number of carbonyl (C=O) groups excluding carboxylic acids is 2. The van der Waals surface area contributed by atoms with Crippen molar-refractivity contribution in [3.05, 3.63) is 11.5 Å². The van der Waals surface area contributed by atoms with E-state index >= 15 is 0 Å². The molecule has 0 saturated heterocycles. The molecule has 0 aliphatic heterocycles. The molecular weight excluding hydrogens is 208 g/mol.